The van der Waals surface area contributed by atoms with Gasteiger partial charge in [-0.3, -0.25) is 9.59 Å². The summed E-state index contributed by atoms with van der Waals surface area (Å²) in [4.78, 5) is 23.8. The van der Waals surface area contributed by atoms with E-state index in [1.807, 2.05) is 91.0 Å². The molecule has 5 rings (SSSR count). The molecule has 4 N–H and O–H groups in total. The molecule has 2 amide bonds. The standard InChI is InChI=1S/C23H19Cl2NO2.C7H8O.CH3NO/c24-17-10-11-19(20(25)13-17)21-12-16-8-4-5-9-18(16)23(28)26(21)22(14-27)15-6-2-1-3-7-15;8-6-7-4-2-1-3-5-7;2-1-3/h1-11,13,21-22,27H,12,14H2;1-5,8H,6H2;1H,(H2,2,3). The fourth-order valence-electron chi connectivity index (χ4n) is 4.50. The van der Waals surface area contributed by atoms with E-state index in [0.29, 0.717) is 22.0 Å². The van der Waals surface area contributed by atoms with Gasteiger partial charge in [0.2, 0.25) is 6.41 Å². The zero-order valence-corrected chi connectivity index (χ0v) is 22.7. The number of hydrogen-bond acceptors (Lipinski definition) is 4. The summed E-state index contributed by atoms with van der Waals surface area (Å²) in [6, 6.07) is 31.3. The summed E-state index contributed by atoms with van der Waals surface area (Å²) in [5.74, 6) is -0.110. The Balaban J connectivity index is 0.000000321. The summed E-state index contributed by atoms with van der Waals surface area (Å²) in [5, 5.41) is 19.8. The second-order valence-corrected chi connectivity index (χ2v) is 9.49. The number of rotatable bonds is 5. The van der Waals surface area contributed by atoms with Crippen molar-refractivity contribution in [2.75, 3.05) is 6.61 Å². The average molecular weight is 565 g/mol. The number of carbonyl (C=O) groups is 2. The first-order valence-corrected chi connectivity index (χ1v) is 13.0. The topological polar surface area (TPSA) is 104 Å². The number of halogens is 2. The number of aliphatic hydroxyl groups excluding tert-OH is 2. The van der Waals surface area contributed by atoms with Gasteiger partial charge in [-0.25, -0.2) is 0 Å². The Kier molecular flexibility index (Phi) is 11.5. The van der Waals surface area contributed by atoms with E-state index in [1.165, 1.54) is 0 Å². The molecule has 0 spiro atoms. The molecule has 1 aliphatic rings. The van der Waals surface area contributed by atoms with E-state index >= 15 is 0 Å². The van der Waals surface area contributed by atoms with Gasteiger partial charge in [-0.2, -0.15) is 0 Å². The molecule has 0 bridgehead atoms. The Hall–Kier alpha value is -3.68. The highest BCUT2D eigenvalue weighted by Gasteiger charge is 2.38. The molecule has 39 heavy (non-hydrogen) atoms. The summed E-state index contributed by atoms with van der Waals surface area (Å²) in [6.45, 7) is -0.0412. The average Bonchev–Trinajstić information content (AvgIpc) is 2.96. The molecule has 0 saturated heterocycles. The number of aliphatic hydroxyl groups is 2. The lowest BCUT2D eigenvalue weighted by Crippen LogP contribution is -2.44. The van der Waals surface area contributed by atoms with E-state index in [2.05, 4.69) is 5.73 Å². The number of hydrogen-bond donors (Lipinski definition) is 3. The van der Waals surface area contributed by atoms with Crippen molar-refractivity contribution in [2.24, 2.45) is 5.73 Å². The van der Waals surface area contributed by atoms with Crippen LogP contribution in [-0.2, 0) is 17.8 Å². The van der Waals surface area contributed by atoms with Crippen LogP contribution in [0.3, 0.4) is 0 Å². The van der Waals surface area contributed by atoms with Gasteiger partial charge in [0.25, 0.3) is 5.91 Å². The van der Waals surface area contributed by atoms with Gasteiger partial charge in [0.15, 0.2) is 0 Å². The molecular formula is C31H30Cl2N2O4. The fraction of sp³-hybridized carbons (Fsp3) is 0.161. The smallest absolute Gasteiger partial charge is 0.255 e. The van der Waals surface area contributed by atoms with Gasteiger partial charge in [-0.1, -0.05) is 108 Å². The van der Waals surface area contributed by atoms with Crippen molar-refractivity contribution in [1.29, 1.82) is 0 Å². The van der Waals surface area contributed by atoms with Crippen LogP contribution < -0.4 is 5.73 Å². The number of nitrogens with two attached hydrogens (primary N) is 1. The number of benzene rings is 4. The van der Waals surface area contributed by atoms with Crippen molar-refractivity contribution in [2.45, 2.75) is 25.1 Å². The minimum atomic E-state index is -0.473. The zero-order chi connectivity index (χ0) is 28.2. The molecule has 202 valence electrons. The van der Waals surface area contributed by atoms with E-state index < -0.39 is 6.04 Å². The quantitative estimate of drug-likeness (QED) is 0.268. The van der Waals surface area contributed by atoms with Gasteiger partial charge in [0, 0.05) is 15.6 Å². The SMILES string of the molecule is NC=O.O=C1c2ccccc2CC(c2ccc(Cl)cc2Cl)N1C(CO)c1ccccc1.OCc1ccccc1. The third-order valence-corrected chi connectivity index (χ3v) is 6.83. The molecule has 1 heterocycles. The number of nitrogens with zero attached hydrogens (tertiary/aromatic N) is 1. The van der Waals surface area contributed by atoms with E-state index in [9.17, 15) is 9.90 Å². The first-order chi connectivity index (χ1) is 18.9. The van der Waals surface area contributed by atoms with E-state index in [-0.39, 0.29) is 31.6 Å². The molecule has 4 aromatic rings. The van der Waals surface area contributed by atoms with Crippen LogP contribution in [0, 0.1) is 0 Å². The Bertz CT molecular complexity index is 1350. The molecule has 2 unspecified atom stereocenters. The van der Waals surface area contributed by atoms with Crippen molar-refractivity contribution in [3.05, 3.63) is 141 Å². The number of carbonyl (C=O) groups excluding carboxylic acids is 2. The molecule has 2 atom stereocenters. The summed E-state index contributed by atoms with van der Waals surface area (Å²) >= 11 is 12.6. The number of primary amides is 1. The number of amides is 2. The molecule has 0 radical (unpaired) electrons. The Labute approximate surface area is 238 Å². The van der Waals surface area contributed by atoms with Crippen molar-refractivity contribution < 1.29 is 19.8 Å². The molecule has 0 fully saturated rings. The molecule has 1 aliphatic heterocycles. The molecular weight excluding hydrogens is 535 g/mol. The highest BCUT2D eigenvalue weighted by Crippen LogP contribution is 2.41. The maximum atomic E-state index is 13.5. The van der Waals surface area contributed by atoms with Crippen LogP contribution in [0.15, 0.2) is 103 Å². The minimum absolute atomic E-state index is 0.110. The first-order valence-electron chi connectivity index (χ1n) is 12.3. The highest BCUT2D eigenvalue weighted by molar-refractivity contribution is 6.35. The lowest BCUT2D eigenvalue weighted by molar-refractivity contribution is -0.106. The molecule has 8 heteroatoms. The van der Waals surface area contributed by atoms with Crippen molar-refractivity contribution in [3.8, 4) is 0 Å². The monoisotopic (exact) mass is 564 g/mol. The van der Waals surface area contributed by atoms with Crippen molar-refractivity contribution in [3.63, 3.8) is 0 Å². The summed E-state index contributed by atoms with van der Waals surface area (Å²) in [7, 11) is 0. The largest absolute Gasteiger partial charge is 0.394 e. The van der Waals surface area contributed by atoms with Crippen LogP contribution in [0.2, 0.25) is 10.0 Å². The fourth-order valence-corrected chi connectivity index (χ4v) is 5.03. The Morgan fingerprint density at radius 3 is 2.05 bits per heavy atom. The van der Waals surface area contributed by atoms with Gasteiger partial charge in [-0.15, -0.1) is 0 Å². The predicted octanol–water partition coefficient (Wildman–Crippen LogP) is 5.75. The van der Waals surface area contributed by atoms with Crippen LogP contribution in [0.5, 0.6) is 0 Å². The molecule has 0 aromatic heterocycles. The first kappa shape index (κ1) is 29.9. The van der Waals surface area contributed by atoms with Gasteiger partial charge in [0.1, 0.15) is 0 Å². The lowest BCUT2D eigenvalue weighted by atomic mass is 9.87. The van der Waals surface area contributed by atoms with E-state index in [4.69, 9.17) is 33.1 Å². The predicted molar refractivity (Wildman–Crippen MR) is 154 cm³/mol. The van der Waals surface area contributed by atoms with Crippen LogP contribution >= 0.6 is 23.2 Å². The lowest BCUT2D eigenvalue weighted by Gasteiger charge is -2.42. The van der Waals surface area contributed by atoms with E-state index in [1.54, 1.807) is 17.0 Å². The van der Waals surface area contributed by atoms with Crippen molar-refractivity contribution in [1.82, 2.24) is 4.90 Å². The third-order valence-electron chi connectivity index (χ3n) is 6.27. The number of fused-ring (bicyclic) bond motifs is 1. The third kappa shape index (κ3) is 7.68. The summed E-state index contributed by atoms with van der Waals surface area (Å²) in [6.07, 6.45) is 0.868. The zero-order valence-electron chi connectivity index (χ0n) is 21.2. The molecule has 0 aliphatic carbocycles. The Morgan fingerprint density at radius 2 is 1.49 bits per heavy atom. The van der Waals surface area contributed by atoms with Gasteiger partial charge in [0.05, 0.1) is 25.3 Å². The molecule has 6 nitrogen and oxygen atoms in total. The minimum Gasteiger partial charge on any atom is -0.394 e. The summed E-state index contributed by atoms with van der Waals surface area (Å²) in [5.41, 5.74) is 8.48. The summed E-state index contributed by atoms with van der Waals surface area (Å²) < 4.78 is 0. The Morgan fingerprint density at radius 1 is 0.897 bits per heavy atom. The van der Waals surface area contributed by atoms with Crippen LogP contribution in [0.4, 0.5) is 0 Å². The van der Waals surface area contributed by atoms with Crippen LogP contribution in [0.1, 0.15) is 44.7 Å². The normalized spacial score (nSPS) is 14.6. The van der Waals surface area contributed by atoms with E-state index in [0.717, 1.165) is 22.3 Å². The highest BCUT2D eigenvalue weighted by atomic mass is 35.5. The maximum absolute atomic E-state index is 13.5. The van der Waals surface area contributed by atoms with Gasteiger partial charge >= 0.3 is 0 Å². The van der Waals surface area contributed by atoms with Crippen LogP contribution in [0.25, 0.3) is 0 Å². The molecule has 4 aromatic carbocycles. The van der Waals surface area contributed by atoms with Gasteiger partial charge in [-0.05, 0) is 46.9 Å². The second kappa shape index (κ2) is 15.0. The second-order valence-electron chi connectivity index (χ2n) is 8.64. The van der Waals surface area contributed by atoms with Crippen molar-refractivity contribution >= 4 is 35.5 Å². The van der Waals surface area contributed by atoms with Crippen LogP contribution in [-0.4, -0.2) is 34.0 Å². The van der Waals surface area contributed by atoms with Gasteiger partial charge < -0.3 is 20.8 Å². The molecule has 0 saturated carbocycles. The maximum Gasteiger partial charge on any atom is 0.255 e.